The van der Waals surface area contributed by atoms with Crippen molar-refractivity contribution in [3.8, 4) is 0 Å². The minimum Gasteiger partial charge on any atom is -0.311 e. The number of hydrogen-bond donors (Lipinski definition) is 2. The smallest absolute Gasteiger partial charge is 0.226 e. The Kier molecular flexibility index (Phi) is 4.03. The summed E-state index contributed by atoms with van der Waals surface area (Å²) in [5.41, 5.74) is 0. The van der Waals surface area contributed by atoms with Gasteiger partial charge in [-0.1, -0.05) is 25.2 Å². The van der Waals surface area contributed by atoms with Crippen LogP contribution in [-0.2, 0) is 4.79 Å². The minimum absolute atomic E-state index is 0.0859. The Labute approximate surface area is 123 Å². The van der Waals surface area contributed by atoms with Gasteiger partial charge in [-0.2, -0.15) is 0 Å². The Balaban J connectivity index is 1.51. The molecule has 2 fully saturated rings. The fraction of sp³-hybridized carbons (Fsp3) is 0.786. The zero-order valence-corrected chi connectivity index (χ0v) is 12.9. The maximum absolute atomic E-state index is 12.1. The number of aromatic nitrogens is 2. The molecule has 0 spiro atoms. The predicted octanol–water partition coefficient (Wildman–Crippen LogP) is 2.52. The third-order valence-electron chi connectivity index (χ3n) is 4.23. The monoisotopic (exact) mass is 294 g/mol. The van der Waals surface area contributed by atoms with Crippen LogP contribution in [0.5, 0.6) is 0 Å². The first-order valence-corrected chi connectivity index (χ1v) is 8.31. The van der Waals surface area contributed by atoms with Crippen molar-refractivity contribution in [3.05, 3.63) is 5.01 Å². The second-order valence-electron chi connectivity index (χ2n) is 6.33. The average Bonchev–Trinajstić information content (AvgIpc) is 2.96. The van der Waals surface area contributed by atoms with E-state index in [2.05, 4.69) is 34.7 Å². The van der Waals surface area contributed by atoms with Gasteiger partial charge in [-0.25, -0.2) is 0 Å². The van der Waals surface area contributed by atoms with Crippen LogP contribution in [0.4, 0.5) is 5.13 Å². The molecule has 3 heterocycles. The van der Waals surface area contributed by atoms with Gasteiger partial charge in [0.2, 0.25) is 11.0 Å². The van der Waals surface area contributed by atoms with Crippen molar-refractivity contribution in [1.82, 2.24) is 15.5 Å². The van der Waals surface area contributed by atoms with E-state index in [4.69, 9.17) is 0 Å². The largest absolute Gasteiger partial charge is 0.311 e. The molecule has 110 valence electrons. The first kappa shape index (κ1) is 13.9. The highest BCUT2D eigenvalue weighted by Gasteiger charge is 2.34. The lowest BCUT2D eigenvalue weighted by Gasteiger charge is -2.28. The number of fused-ring (bicyclic) bond motifs is 2. The van der Waals surface area contributed by atoms with Crippen molar-refractivity contribution >= 4 is 22.4 Å². The average molecular weight is 294 g/mol. The van der Waals surface area contributed by atoms with E-state index >= 15 is 0 Å². The van der Waals surface area contributed by atoms with Crippen LogP contribution < -0.4 is 10.6 Å². The highest BCUT2D eigenvalue weighted by molar-refractivity contribution is 7.15. The molecule has 6 heteroatoms. The third kappa shape index (κ3) is 3.17. The van der Waals surface area contributed by atoms with E-state index in [9.17, 15) is 4.79 Å². The number of amides is 1. The van der Waals surface area contributed by atoms with Crippen LogP contribution in [0.25, 0.3) is 0 Å². The molecule has 20 heavy (non-hydrogen) atoms. The molecule has 0 aromatic carbocycles. The standard InChI is InChI=1S/C14H22N4OS/c1-8(2)13-17-18-14(20-13)16-12(19)7-9-5-10-3-4-11(6-9)15-10/h8-11,15H,3-7H2,1-2H3,(H,16,18,19). The van der Waals surface area contributed by atoms with Crippen molar-refractivity contribution in [2.75, 3.05) is 5.32 Å². The summed E-state index contributed by atoms with van der Waals surface area (Å²) in [6.07, 6.45) is 5.44. The van der Waals surface area contributed by atoms with Crippen LogP contribution in [-0.4, -0.2) is 28.2 Å². The molecule has 1 aromatic heterocycles. The van der Waals surface area contributed by atoms with E-state index in [0.29, 0.717) is 35.5 Å². The molecule has 3 rings (SSSR count). The lowest BCUT2D eigenvalue weighted by Crippen LogP contribution is -2.39. The SMILES string of the molecule is CC(C)c1nnc(NC(=O)CC2CC3CCC(C2)N3)s1. The van der Waals surface area contributed by atoms with Crippen molar-refractivity contribution in [3.63, 3.8) is 0 Å². The minimum atomic E-state index is 0.0859. The van der Waals surface area contributed by atoms with Crippen LogP contribution in [0, 0.1) is 5.92 Å². The summed E-state index contributed by atoms with van der Waals surface area (Å²) in [6, 6.07) is 1.28. The highest BCUT2D eigenvalue weighted by atomic mass is 32.1. The quantitative estimate of drug-likeness (QED) is 0.895. The van der Waals surface area contributed by atoms with Gasteiger partial charge in [0, 0.05) is 24.4 Å². The van der Waals surface area contributed by atoms with Gasteiger partial charge in [0.25, 0.3) is 0 Å². The van der Waals surface area contributed by atoms with Crippen LogP contribution >= 0.6 is 11.3 Å². The zero-order chi connectivity index (χ0) is 14.1. The molecule has 1 amide bonds. The summed E-state index contributed by atoms with van der Waals surface area (Å²) in [6.45, 7) is 4.16. The van der Waals surface area contributed by atoms with Gasteiger partial charge < -0.3 is 10.6 Å². The van der Waals surface area contributed by atoms with Crippen LogP contribution in [0.15, 0.2) is 0 Å². The Hall–Kier alpha value is -1.01. The Morgan fingerprint density at radius 1 is 1.35 bits per heavy atom. The molecule has 2 atom stereocenters. The maximum atomic E-state index is 12.1. The number of piperidine rings is 1. The van der Waals surface area contributed by atoms with Crippen LogP contribution in [0.3, 0.4) is 0 Å². The summed E-state index contributed by atoms with van der Waals surface area (Å²) in [5.74, 6) is 0.965. The number of nitrogens with one attached hydrogen (secondary N) is 2. The topological polar surface area (TPSA) is 66.9 Å². The molecule has 0 aliphatic carbocycles. The number of nitrogens with zero attached hydrogens (tertiary/aromatic N) is 2. The molecular weight excluding hydrogens is 272 g/mol. The molecule has 2 aliphatic rings. The first-order chi connectivity index (χ1) is 9.60. The Bertz CT molecular complexity index is 475. The molecule has 2 bridgehead atoms. The van der Waals surface area contributed by atoms with Gasteiger partial charge in [0.15, 0.2) is 0 Å². The van der Waals surface area contributed by atoms with E-state index < -0.39 is 0 Å². The summed E-state index contributed by atoms with van der Waals surface area (Å²) in [7, 11) is 0. The molecule has 0 radical (unpaired) electrons. The molecule has 2 N–H and O–H groups in total. The summed E-state index contributed by atoms with van der Waals surface area (Å²) in [5, 5.41) is 16.2. The van der Waals surface area contributed by atoms with Crippen LogP contribution in [0.2, 0.25) is 0 Å². The number of carbonyl (C=O) groups is 1. The van der Waals surface area contributed by atoms with Crippen LogP contribution in [0.1, 0.15) is 56.9 Å². The van der Waals surface area contributed by atoms with Gasteiger partial charge >= 0.3 is 0 Å². The summed E-state index contributed by atoms with van der Waals surface area (Å²) < 4.78 is 0. The highest BCUT2D eigenvalue weighted by Crippen LogP contribution is 2.33. The molecule has 2 aliphatic heterocycles. The van der Waals surface area contributed by atoms with Gasteiger partial charge in [-0.15, -0.1) is 10.2 Å². The second kappa shape index (κ2) is 5.77. The van der Waals surface area contributed by atoms with Crippen molar-refractivity contribution < 1.29 is 4.79 Å². The molecule has 2 unspecified atom stereocenters. The summed E-state index contributed by atoms with van der Waals surface area (Å²) >= 11 is 1.48. The Morgan fingerprint density at radius 3 is 2.65 bits per heavy atom. The summed E-state index contributed by atoms with van der Waals surface area (Å²) in [4.78, 5) is 12.1. The lowest BCUT2D eigenvalue weighted by atomic mass is 9.89. The van der Waals surface area contributed by atoms with E-state index in [1.165, 1.54) is 24.2 Å². The lowest BCUT2D eigenvalue weighted by molar-refractivity contribution is -0.117. The van der Waals surface area contributed by atoms with Gasteiger partial charge in [-0.3, -0.25) is 4.79 Å². The van der Waals surface area contributed by atoms with Gasteiger partial charge in [0.1, 0.15) is 5.01 Å². The van der Waals surface area contributed by atoms with E-state index in [0.717, 1.165) is 17.8 Å². The molecule has 1 aromatic rings. The zero-order valence-electron chi connectivity index (χ0n) is 12.1. The van der Waals surface area contributed by atoms with E-state index in [-0.39, 0.29) is 5.91 Å². The fourth-order valence-electron chi connectivity index (χ4n) is 3.29. The predicted molar refractivity (Wildman–Crippen MR) is 79.9 cm³/mol. The molecule has 5 nitrogen and oxygen atoms in total. The second-order valence-corrected chi connectivity index (χ2v) is 7.34. The first-order valence-electron chi connectivity index (χ1n) is 7.49. The van der Waals surface area contributed by atoms with Crippen molar-refractivity contribution in [1.29, 1.82) is 0 Å². The van der Waals surface area contributed by atoms with E-state index in [1.54, 1.807) is 0 Å². The maximum Gasteiger partial charge on any atom is 0.226 e. The molecule has 0 saturated carbocycles. The molecular formula is C14H22N4OS. The Morgan fingerprint density at radius 2 is 2.05 bits per heavy atom. The van der Waals surface area contributed by atoms with Crippen molar-refractivity contribution in [2.24, 2.45) is 5.92 Å². The molecule has 2 saturated heterocycles. The number of anilines is 1. The van der Waals surface area contributed by atoms with E-state index in [1.807, 2.05) is 0 Å². The number of carbonyl (C=O) groups excluding carboxylic acids is 1. The fourth-order valence-corrected chi connectivity index (χ4v) is 4.05. The van der Waals surface area contributed by atoms with Gasteiger partial charge in [0.05, 0.1) is 0 Å². The number of hydrogen-bond acceptors (Lipinski definition) is 5. The number of rotatable bonds is 4. The third-order valence-corrected chi connectivity index (χ3v) is 5.36. The van der Waals surface area contributed by atoms with Crippen molar-refractivity contribution in [2.45, 2.75) is 64.0 Å². The van der Waals surface area contributed by atoms with Gasteiger partial charge in [-0.05, 0) is 31.6 Å². The normalized spacial score (nSPS) is 28.9.